The predicted molar refractivity (Wildman–Crippen MR) is 103 cm³/mol. The van der Waals surface area contributed by atoms with Crippen LogP contribution < -0.4 is 14.8 Å². The van der Waals surface area contributed by atoms with Gasteiger partial charge in [-0.05, 0) is 61.7 Å². The maximum atomic E-state index is 12.2. The lowest BCUT2D eigenvalue weighted by atomic mass is 10.1. The topological polar surface area (TPSA) is 47.6 Å². The molecule has 25 heavy (non-hydrogen) atoms. The number of hydrogen-bond donors (Lipinski definition) is 1. The van der Waals surface area contributed by atoms with Crippen molar-refractivity contribution in [2.45, 2.75) is 20.8 Å². The standard InChI is InChI=1S/C20H22ClNO3/c1-5-25-17-8-6-15(12-18(17)24-4)7-9-19(23)22-20-14(3)10-13(2)11-16(20)21/h6-12H,5H2,1-4H3,(H,22,23). The molecule has 0 aliphatic heterocycles. The van der Waals surface area contributed by atoms with Gasteiger partial charge in [0.15, 0.2) is 11.5 Å². The Balaban J connectivity index is 2.13. The van der Waals surface area contributed by atoms with Crippen LogP contribution in [0.5, 0.6) is 11.5 Å². The molecule has 0 bridgehead atoms. The summed E-state index contributed by atoms with van der Waals surface area (Å²) in [5.74, 6) is 1.05. The summed E-state index contributed by atoms with van der Waals surface area (Å²) in [4.78, 5) is 12.2. The summed E-state index contributed by atoms with van der Waals surface area (Å²) in [7, 11) is 1.58. The van der Waals surface area contributed by atoms with Gasteiger partial charge in [0.1, 0.15) is 0 Å². The fraction of sp³-hybridized carbons (Fsp3) is 0.250. The molecule has 132 valence electrons. The molecule has 0 heterocycles. The third-order valence-electron chi connectivity index (χ3n) is 3.59. The number of carbonyl (C=O) groups is 1. The van der Waals surface area contributed by atoms with E-state index in [1.54, 1.807) is 13.2 Å². The molecule has 0 aromatic heterocycles. The van der Waals surface area contributed by atoms with E-state index in [2.05, 4.69) is 5.32 Å². The molecule has 5 heteroatoms. The average Bonchev–Trinajstić information content (AvgIpc) is 2.57. The number of ether oxygens (including phenoxy) is 2. The highest BCUT2D eigenvalue weighted by molar-refractivity contribution is 6.34. The summed E-state index contributed by atoms with van der Waals surface area (Å²) < 4.78 is 10.8. The average molecular weight is 360 g/mol. The van der Waals surface area contributed by atoms with E-state index in [0.717, 1.165) is 16.7 Å². The number of halogens is 1. The maximum Gasteiger partial charge on any atom is 0.248 e. The molecule has 0 saturated heterocycles. The number of hydrogen-bond acceptors (Lipinski definition) is 3. The first-order valence-corrected chi connectivity index (χ1v) is 8.39. The lowest BCUT2D eigenvalue weighted by Gasteiger charge is -2.10. The molecule has 1 amide bonds. The Labute approximate surface area is 153 Å². The molecule has 0 radical (unpaired) electrons. The van der Waals surface area contributed by atoms with Gasteiger partial charge < -0.3 is 14.8 Å². The van der Waals surface area contributed by atoms with Crippen LogP contribution >= 0.6 is 11.6 Å². The van der Waals surface area contributed by atoms with Crippen molar-refractivity contribution in [3.05, 3.63) is 58.1 Å². The molecule has 4 nitrogen and oxygen atoms in total. The molecular weight excluding hydrogens is 338 g/mol. The second kappa shape index (κ2) is 8.58. The van der Waals surface area contributed by atoms with E-state index in [9.17, 15) is 4.79 Å². The molecule has 0 spiro atoms. The minimum Gasteiger partial charge on any atom is -0.493 e. The van der Waals surface area contributed by atoms with Crippen LogP contribution in [0.3, 0.4) is 0 Å². The number of amides is 1. The van der Waals surface area contributed by atoms with E-state index in [0.29, 0.717) is 28.8 Å². The molecule has 2 rings (SSSR count). The van der Waals surface area contributed by atoms with Gasteiger partial charge in [0.05, 0.1) is 24.4 Å². The normalized spacial score (nSPS) is 10.8. The molecule has 0 atom stereocenters. The van der Waals surface area contributed by atoms with Crippen LogP contribution in [-0.4, -0.2) is 19.6 Å². The Hall–Kier alpha value is -2.46. The van der Waals surface area contributed by atoms with Crippen molar-refractivity contribution in [1.82, 2.24) is 0 Å². The summed E-state index contributed by atoms with van der Waals surface area (Å²) in [5.41, 5.74) is 3.44. The van der Waals surface area contributed by atoms with Crippen LogP contribution in [0, 0.1) is 13.8 Å². The van der Waals surface area contributed by atoms with Gasteiger partial charge in [0.2, 0.25) is 5.91 Å². The first kappa shape index (κ1) is 18.9. The number of nitrogens with one attached hydrogen (secondary N) is 1. The zero-order valence-electron chi connectivity index (χ0n) is 14.9. The fourth-order valence-corrected chi connectivity index (χ4v) is 2.84. The van der Waals surface area contributed by atoms with Crippen LogP contribution in [0.1, 0.15) is 23.6 Å². The number of rotatable bonds is 6. The Morgan fingerprint density at radius 2 is 1.96 bits per heavy atom. The minimum absolute atomic E-state index is 0.248. The largest absolute Gasteiger partial charge is 0.493 e. The first-order valence-electron chi connectivity index (χ1n) is 8.01. The van der Waals surface area contributed by atoms with E-state index in [4.69, 9.17) is 21.1 Å². The Bertz CT molecular complexity index is 777. The van der Waals surface area contributed by atoms with E-state index < -0.39 is 0 Å². The molecule has 0 aliphatic carbocycles. The number of benzene rings is 2. The molecule has 0 unspecified atom stereocenters. The minimum atomic E-state index is -0.248. The van der Waals surface area contributed by atoms with Gasteiger partial charge >= 0.3 is 0 Å². The third kappa shape index (κ3) is 5.00. The van der Waals surface area contributed by atoms with Gasteiger partial charge in [-0.2, -0.15) is 0 Å². The Morgan fingerprint density at radius 1 is 1.20 bits per heavy atom. The summed E-state index contributed by atoms with van der Waals surface area (Å²) in [6.07, 6.45) is 3.18. The van der Waals surface area contributed by atoms with E-state index in [-0.39, 0.29) is 5.91 Å². The van der Waals surface area contributed by atoms with Crippen molar-refractivity contribution < 1.29 is 14.3 Å². The summed E-state index contributed by atoms with van der Waals surface area (Å²) >= 11 is 6.21. The van der Waals surface area contributed by atoms with Crippen LogP contribution in [0.4, 0.5) is 5.69 Å². The quantitative estimate of drug-likeness (QED) is 0.737. The van der Waals surface area contributed by atoms with Crippen LogP contribution in [0.25, 0.3) is 6.08 Å². The zero-order chi connectivity index (χ0) is 18.4. The second-order valence-electron chi connectivity index (χ2n) is 5.60. The smallest absolute Gasteiger partial charge is 0.248 e. The van der Waals surface area contributed by atoms with Crippen LogP contribution in [0.2, 0.25) is 5.02 Å². The molecular formula is C20H22ClNO3. The Morgan fingerprint density at radius 3 is 2.60 bits per heavy atom. The Kier molecular flexibility index (Phi) is 6.48. The van der Waals surface area contributed by atoms with Gasteiger partial charge in [-0.25, -0.2) is 0 Å². The highest BCUT2D eigenvalue weighted by atomic mass is 35.5. The lowest BCUT2D eigenvalue weighted by molar-refractivity contribution is -0.111. The van der Waals surface area contributed by atoms with Crippen molar-refractivity contribution in [3.8, 4) is 11.5 Å². The van der Waals surface area contributed by atoms with Crippen molar-refractivity contribution in [3.63, 3.8) is 0 Å². The lowest BCUT2D eigenvalue weighted by Crippen LogP contribution is -2.09. The zero-order valence-corrected chi connectivity index (χ0v) is 15.6. The van der Waals surface area contributed by atoms with Crippen LogP contribution in [0.15, 0.2) is 36.4 Å². The van der Waals surface area contributed by atoms with Gasteiger partial charge in [-0.15, -0.1) is 0 Å². The first-order chi connectivity index (χ1) is 11.9. The van der Waals surface area contributed by atoms with E-state index >= 15 is 0 Å². The van der Waals surface area contributed by atoms with Gasteiger partial charge in [0, 0.05) is 6.08 Å². The summed E-state index contributed by atoms with van der Waals surface area (Å²) in [6, 6.07) is 9.30. The SMILES string of the molecule is CCOc1ccc(C=CC(=O)Nc2c(C)cc(C)cc2Cl)cc1OC. The molecule has 1 N–H and O–H groups in total. The van der Waals surface area contributed by atoms with Crippen molar-refractivity contribution >= 4 is 29.3 Å². The number of aryl methyl sites for hydroxylation is 2. The van der Waals surface area contributed by atoms with Gasteiger partial charge in [-0.3, -0.25) is 4.79 Å². The second-order valence-corrected chi connectivity index (χ2v) is 6.01. The summed E-state index contributed by atoms with van der Waals surface area (Å²) in [5, 5.41) is 3.35. The highest BCUT2D eigenvalue weighted by Crippen LogP contribution is 2.29. The third-order valence-corrected chi connectivity index (χ3v) is 3.89. The van der Waals surface area contributed by atoms with Gasteiger partial charge in [0.25, 0.3) is 0 Å². The van der Waals surface area contributed by atoms with E-state index in [1.165, 1.54) is 6.08 Å². The number of methoxy groups -OCH3 is 1. The number of anilines is 1. The number of carbonyl (C=O) groups excluding carboxylic acids is 1. The summed E-state index contributed by atoms with van der Waals surface area (Å²) in [6.45, 7) is 6.35. The molecule has 2 aromatic rings. The fourth-order valence-electron chi connectivity index (χ4n) is 2.47. The predicted octanol–water partition coefficient (Wildman–Crippen LogP) is 5.02. The molecule has 0 aliphatic rings. The van der Waals surface area contributed by atoms with Crippen LogP contribution in [-0.2, 0) is 4.79 Å². The van der Waals surface area contributed by atoms with E-state index in [1.807, 2.05) is 51.1 Å². The van der Waals surface area contributed by atoms with Crippen molar-refractivity contribution in [2.24, 2.45) is 0 Å². The van der Waals surface area contributed by atoms with Crippen molar-refractivity contribution in [2.75, 3.05) is 19.0 Å². The maximum absolute atomic E-state index is 12.2. The molecule has 0 saturated carbocycles. The highest BCUT2D eigenvalue weighted by Gasteiger charge is 2.08. The van der Waals surface area contributed by atoms with Gasteiger partial charge in [-0.1, -0.05) is 23.7 Å². The molecule has 2 aromatic carbocycles. The van der Waals surface area contributed by atoms with Crippen molar-refractivity contribution in [1.29, 1.82) is 0 Å². The monoisotopic (exact) mass is 359 g/mol. The molecule has 0 fully saturated rings.